The van der Waals surface area contributed by atoms with Gasteiger partial charge < -0.3 is 5.11 Å². The summed E-state index contributed by atoms with van der Waals surface area (Å²) in [5.74, 6) is 0.228. The number of hydrogen-bond acceptors (Lipinski definition) is 3. The van der Waals surface area contributed by atoms with Gasteiger partial charge in [-0.3, -0.25) is 9.98 Å². The van der Waals surface area contributed by atoms with Crippen LogP contribution in [0.1, 0.15) is 11.1 Å². The molecule has 0 aliphatic heterocycles. The zero-order valence-electron chi connectivity index (χ0n) is 9.05. The van der Waals surface area contributed by atoms with Crippen LogP contribution in [-0.2, 0) is 6.54 Å². The molecule has 2 aromatic rings. The zero-order chi connectivity index (χ0) is 12.1. The van der Waals surface area contributed by atoms with E-state index < -0.39 is 0 Å². The van der Waals surface area contributed by atoms with E-state index in [1.807, 2.05) is 18.2 Å². The number of nitrogens with zero attached hydrogens (tertiary/aromatic N) is 2. The standard InChI is InChI=1S/C13H11BrN2O/c14-12-1-2-13(17)11(7-12)9-16-8-10-3-5-15-6-4-10/h1-7,9,17H,8H2. The molecular weight excluding hydrogens is 280 g/mol. The Morgan fingerprint density at radius 3 is 2.76 bits per heavy atom. The number of pyridine rings is 1. The molecule has 1 aromatic heterocycles. The molecule has 0 aliphatic carbocycles. The molecular formula is C13H11BrN2O. The Balaban J connectivity index is 2.08. The maximum absolute atomic E-state index is 9.61. The van der Waals surface area contributed by atoms with Crippen LogP contribution in [0.3, 0.4) is 0 Å². The topological polar surface area (TPSA) is 45.5 Å². The number of hydrogen-bond donors (Lipinski definition) is 1. The lowest BCUT2D eigenvalue weighted by molar-refractivity contribution is 0.474. The van der Waals surface area contributed by atoms with Crippen molar-refractivity contribution < 1.29 is 5.11 Å². The second-order valence-corrected chi connectivity index (χ2v) is 4.44. The van der Waals surface area contributed by atoms with Crippen LogP contribution in [0, 0.1) is 0 Å². The van der Waals surface area contributed by atoms with Crippen LogP contribution in [0.4, 0.5) is 0 Å². The number of halogens is 1. The van der Waals surface area contributed by atoms with Crippen molar-refractivity contribution in [3.63, 3.8) is 0 Å². The first-order chi connectivity index (χ1) is 8.25. The number of phenolic OH excluding ortho intramolecular Hbond substituents is 1. The van der Waals surface area contributed by atoms with Gasteiger partial charge in [0.15, 0.2) is 0 Å². The molecule has 2 rings (SSSR count). The van der Waals surface area contributed by atoms with Gasteiger partial charge in [-0.25, -0.2) is 0 Å². The summed E-state index contributed by atoms with van der Waals surface area (Å²) in [5.41, 5.74) is 1.79. The summed E-state index contributed by atoms with van der Waals surface area (Å²) in [4.78, 5) is 8.22. The van der Waals surface area contributed by atoms with Gasteiger partial charge in [0.1, 0.15) is 5.75 Å². The lowest BCUT2D eigenvalue weighted by Gasteiger charge is -1.99. The molecule has 0 aliphatic rings. The lowest BCUT2D eigenvalue weighted by atomic mass is 10.2. The van der Waals surface area contributed by atoms with Crippen LogP contribution in [-0.4, -0.2) is 16.3 Å². The Morgan fingerprint density at radius 2 is 2.00 bits per heavy atom. The van der Waals surface area contributed by atoms with E-state index in [9.17, 15) is 5.11 Å². The lowest BCUT2D eigenvalue weighted by Crippen LogP contribution is -1.86. The van der Waals surface area contributed by atoms with Crippen molar-refractivity contribution in [1.29, 1.82) is 0 Å². The Hall–Kier alpha value is -1.68. The van der Waals surface area contributed by atoms with E-state index in [4.69, 9.17) is 0 Å². The van der Waals surface area contributed by atoms with Gasteiger partial charge in [-0.1, -0.05) is 15.9 Å². The van der Waals surface area contributed by atoms with Crippen molar-refractivity contribution in [3.8, 4) is 5.75 Å². The molecule has 0 bridgehead atoms. The minimum Gasteiger partial charge on any atom is -0.507 e. The fourth-order valence-electron chi connectivity index (χ4n) is 1.37. The SMILES string of the molecule is Oc1ccc(Br)cc1C=NCc1ccncc1. The molecule has 86 valence electrons. The molecule has 0 atom stereocenters. The third-order valence-corrected chi connectivity index (χ3v) is 2.74. The highest BCUT2D eigenvalue weighted by Crippen LogP contribution is 2.20. The van der Waals surface area contributed by atoms with Gasteiger partial charge in [-0.05, 0) is 35.9 Å². The van der Waals surface area contributed by atoms with Crippen LogP contribution in [0.5, 0.6) is 5.75 Å². The number of aromatic hydroxyl groups is 1. The van der Waals surface area contributed by atoms with E-state index in [0.717, 1.165) is 10.0 Å². The highest BCUT2D eigenvalue weighted by molar-refractivity contribution is 9.10. The second kappa shape index (κ2) is 5.59. The molecule has 17 heavy (non-hydrogen) atoms. The van der Waals surface area contributed by atoms with Crippen molar-refractivity contribution in [1.82, 2.24) is 4.98 Å². The van der Waals surface area contributed by atoms with Gasteiger partial charge >= 0.3 is 0 Å². The fourth-order valence-corrected chi connectivity index (χ4v) is 1.75. The predicted molar refractivity (Wildman–Crippen MR) is 71.3 cm³/mol. The summed E-state index contributed by atoms with van der Waals surface area (Å²) in [6.45, 7) is 0.578. The van der Waals surface area contributed by atoms with Crippen molar-refractivity contribution in [3.05, 3.63) is 58.3 Å². The number of aromatic nitrogens is 1. The van der Waals surface area contributed by atoms with Crippen LogP contribution in [0.25, 0.3) is 0 Å². The van der Waals surface area contributed by atoms with Gasteiger partial charge in [0, 0.05) is 28.6 Å². The molecule has 0 amide bonds. The molecule has 0 fully saturated rings. The summed E-state index contributed by atoms with van der Waals surface area (Å²) in [6.07, 6.45) is 5.14. The molecule has 4 heteroatoms. The maximum atomic E-state index is 9.61. The van der Waals surface area contributed by atoms with Crippen molar-refractivity contribution >= 4 is 22.1 Å². The molecule has 1 heterocycles. The molecule has 0 unspecified atom stereocenters. The molecule has 0 saturated carbocycles. The normalized spacial score (nSPS) is 10.9. The minimum absolute atomic E-state index is 0.228. The number of benzene rings is 1. The minimum atomic E-state index is 0.228. The van der Waals surface area contributed by atoms with Crippen LogP contribution in [0.15, 0.2) is 52.2 Å². The van der Waals surface area contributed by atoms with E-state index in [1.165, 1.54) is 0 Å². The zero-order valence-corrected chi connectivity index (χ0v) is 10.6. The average molecular weight is 291 g/mol. The van der Waals surface area contributed by atoms with Crippen molar-refractivity contribution in [2.75, 3.05) is 0 Å². The van der Waals surface area contributed by atoms with Crippen LogP contribution >= 0.6 is 15.9 Å². The molecule has 0 spiro atoms. The predicted octanol–water partition coefficient (Wildman–Crippen LogP) is 3.17. The molecule has 0 radical (unpaired) electrons. The Morgan fingerprint density at radius 1 is 1.24 bits per heavy atom. The third kappa shape index (κ3) is 3.39. The first kappa shape index (κ1) is 11.8. The Labute approximate surface area is 108 Å². The molecule has 3 nitrogen and oxygen atoms in total. The Bertz CT molecular complexity index is 526. The van der Waals surface area contributed by atoms with E-state index in [2.05, 4.69) is 25.9 Å². The summed E-state index contributed by atoms with van der Waals surface area (Å²) in [6, 6.07) is 9.08. The fraction of sp³-hybridized carbons (Fsp3) is 0.0769. The second-order valence-electron chi connectivity index (χ2n) is 3.53. The van der Waals surface area contributed by atoms with Crippen molar-refractivity contribution in [2.24, 2.45) is 4.99 Å². The van der Waals surface area contributed by atoms with Crippen molar-refractivity contribution in [2.45, 2.75) is 6.54 Å². The Kier molecular flexibility index (Phi) is 3.88. The highest BCUT2D eigenvalue weighted by atomic mass is 79.9. The number of rotatable bonds is 3. The summed E-state index contributed by atoms with van der Waals surface area (Å²) in [7, 11) is 0. The summed E-state index contributed by atoms with van der Waals surface area (Å²) in [5, 5.41) is 9.61. The van der Waals surface area contributed by atoms with E-state index in [-0.39, 0.29) is 5.75 Å². The van der Waals surface area contributed by atoms with E-state index in [0.29, 0.717) is 12.1 Å². The largest absolute Gasteiger partial charge is 0.507 e. The van der Waals surface area contributed by atoms with Gasteiger partial charge in [0.25, 0.3) is 0 Å². The van der Waals surface area contributed by atoms with Crippen LogP contribution in [0.2, 0.25) is 0 Å². The molecule has 1 aromatic carbocycles. The summed E-state index contributed by atoms with van der Waals surface area (Å²) < 4.78 is 0.917. The first-order valence-electron chi connectivity index (χ1n) is 5.13. The van der Waals surface area contributed by atoms with Crippen LogP contribution < -0.4 is 0 Å². The maximum Gasteiger partial charge on any atom is 0.124 e. The first-order valence-corrected chi connectivity index (χ1v) is 5.92. The van der Waals surface area contributed by atoms with Gasteiger partial charge in [-0.2, -0.15) is 0 Å². The van der Waals surface area contributed by atoms with E-state index >= 15 is 0 Å². The average Bonchev–Trinajstić information content (AvgIpc) is 2.35. The van der Waals surface area contributed by atoms with Gasteiger partial charge in [-0.15, -0.1) is 0 Å². The van der Waals surface area contributed by atoms with Gasteiger partial charge in [0.2, 0.25) is 0 Å². The molecule has 0 saturated heterocycles. The molecule has 1 N–H and O–H groups in total. The third-order valence-electron chi connectivity index (χ3n) is 2.24. The summed E-state index contributed by atoms with van der Waals surface area (Å²) >= 11 is 3.35. The number of aliphatic imine (C=N–C) groups is 1. The number of phenols is 1. The quantitative estimate of drug-likeness (QED) is 0.883. The monoisotopic (exact) mass is 290 g/mol. The highest BCUT2D eigenvalue weighted by Gasteiger charge is 1.98. The smallest absolute Gasteiger partial charge is 0.124 e. The van der Waals surface area contributed by atoms with Gasteiger partial charge in [0.05, 0.1) is 6.54 Å². The van der Waals surface area contributed by atoms with E-state index in [1.54, 1.807) is 30.7 Å².